The van der Waals surface area contributed by atoms with Crippen molar-refractivity contribution in [2.45, 2.75) is 17.2 Å². The molecule has 0 spiro atoms. The van der Waals surface area contributed by atoms with Gasteiger partial charge in [-0.25, -0.2) is 14.6 Å². The zero-order chi connectivity index (χ0) is 18.8. The second-order valence-corrected chi connectivity index (χ2v) is 7.71. The van der Waals surface area contributed by atoms with E-state index in [1.54, 1.807) is 35.1 Å². The Balaban J connectivity index is 1.65. The fourth-order valence-corrected chi connectivity index (χ4v) is 3.92. The smallest absolute Gasteiger partial charge is 0.175 e. The van der Waals surface area contributed by atoms with Gasteiger partial charge in [-0.15, -0.1) is 0 Å². The second-order valence-electron chi connectivity index (χ2n) is 5.94. The monoisotopic (exact) mass is 394 g/mol. The molecule has 0 N–H and O–H groups in total. The Bertz CT molecular complexity index is 1110. The molecule has 1 unspecified atom stereocenters. The van der Waals surface area contributed by atoms with Crippen LogP contribution < -0.4 is 0 Å². The Morgan fingerprint density at radius 2 is 1.93 bits per heavy atom. The Kier molecular flexibility index (Phi) is 4.92. The van der Waals surface area contributed by atoms with E-state index in [1.165, 1.54) is 18.1 Å². The molecule has 0 aliphatic heterocycles. The standard InChI is InChI=1S/C20H15ClN4OS/c1-13(18(26)14-6-5-7-15(21)10-14)27-20-17-11-24-25(19(17)22-12-23-20)16-8-3-2-4-9-16/h2-13H,1H3. The van der Waals surface area contributed by atoms with Gasteiger partial charge >= 0.3 is 0 Å². The van der Waals surface area contributed by atoms with Crippen molar-refractivity contribution in [2.75, 3.05) is 0 Å². The predicted octanol–water partition coefficient (Wildman–Crippen LogP) is 4.83. The van der Waals surface area contributed by atoms with Crippen molar-refractivity contribution >= 4 is 40.2 Å². The van der Waals surface area contributed by atoms with Crippen LogP contribution >= 0.6 is 23.4 Å². The van der Waals surface area contributed by atoms with E-state index >= 15 is 0 Å². The zero-order valence-corrected chi connectivity index (χ0v) is 16.0. The fraction of sp³-hybridized carbons (Fsp3) is 0.100. The van der Waals surface area contributed by atoms with Crippen LogP contribution in [0.4, 0.5) is 0 Å². The van der Waals surface area contributed by atoms with Gasteiger partial charge in [-0.1, -0.05) is 53.7 Å². The number of nitrogens with zero attached hydrogens (tertiary/aromatic N) is 4. The first-order valence-electron chi connectivity index (χ1n) is 8.34. The van der Waals surface area contributed by atoms with Crippen LogP contribution in [0.15, 0.2) is 72.1 Å². The van der Waals surface area contributed by atoms with Crippen LogP contribution in [-0.4, -0.2) is 30.8 Å². The molecule has 2 heterocycles. The van der Waals surface area contributed by atoms with Gasteiger partial charge < -0.3 is 0 Å². The number of thioether (sulfide) groups is 1. The lowest BCUT2D eigenvalue weighted by Crippen LogP contribution is -2.13. The molecular weight excluding hydrogens is 380 g/mol. The van der Waals surface area contributed by atoms with Crippen LogP contribution in [0.3, 0.4) is 0 Å². The third-order valence-electron chi connectivity index (χ3n) is 4.10. The van der Waals surface area contributed by atoms with Crippen LogP contribution in [-0.2, 0) is 0 Å². The minimum Gasteiger partial charge on any atom is -0.293 e. The van der Waals surface area contributed by atoms with Crippen LogP contribution in [0.2, 0.25) is 5.02 Å². The Hall–Kier alpha value is -2.70. The summed E-state index contributed by atoms with van der Waals surface area (Å²) in [6.45, 7) is 1.86. The summed E-state index contributed by atoms with van der Waals surface area (Å²) in [4.78, 5) is 21.5. The number of Topliss-reactive ketones (excluding diaryl/α,β-unsaturated/α-hetero) is 1. The molecule has 4 rings (SSSR count). The van der Waals surface area contributed by atoms with Crippen LogP contribution in [0, 0.1) is 0 Å². The van der Waals surface area contributed by atoms with Crippen LogP contribution in [0.25, 0.3) is 16.7 Å². The average Bonchev–Trinajstić information content (AvgIpc) is 3.13. The maximum Gasteiger partial charge on any atom is 0.175 e. The highest BCUT2D eigenvalue weighted by molar-refractivity contribution is 8.00. The summed E-state index contributed by atoms with van der Waals surface area (Å²) in [5.41, 5.74) is 2.22. The van der Waals surface area contributed by atoms with Crippen molar-refractivity contribution in [3.63, 3.8) is 0 Å². The number of hydrogen-bond acceptors (Lipinski definition) is 5. The van der Waals surface area contributed by atoms with E-state index in [1.807, 2.05) is 37.3 Å². The van der Waals surface area contributed by atoms with E-state index in [-0.39, 0.29) is 11.0 Å². The van der Waals surface area contributed by atoms with Gasteiger partial charge in [-0.05, 0) is 31.2 Å². The summed E-state index contributed by atoms with van der Waals surface area (Å²) < 4.78 is 1.77. The Morgan fingerprint density at radius 1 is 1.11 bits per heavy atom. The number of rotatable bonds is 5. The van der Waals surface area contributed by atoms with Gasteiger partial charge in [0.05, 0.1) is 22.5 Å². The number of fused-ring (bicyclic) bond motifs is 1. The largest absolute Gasteiger partial charge is 0.293 e. The minimum atomic E-state index is -0.318. The molecule has 0 fully saturated rings. The third-order valence-corrected chi connectivity index (χ3v) is 5.45. The summed E-state index contributed by atoms with van der Waals surface area (Å²) >= 11 is 7.40. The molecule has 0 radical (unpaired) electrons. The van der Waals surface area contributed by atoms with E-state index in [0.717, 1.165) is 16.1 Å². The maximum absolute atomic E-state index is 12.7. The Labute approximate surface area is 165 Å². The number of ketones is 1. The topological polar surface area (TPSA) is 60.7 Å². The van der Waals surface area contributed by atoms with Crippen molar-refractivity contribution in [1.82, 2.24) is 19.7 Å². The second kappa shape index (κ2) is 7.50. The highest BCUT2D eigenvalue weighted by Crippen LogP contribution is 2.30. The van der Waals surface area contributed by atoms with Crippen molar-refractivity contribution in [1.29, 1.82) is 0 Å². The van der Waals surface area contributed by atoms with Gasteiger partial charge in [0.15, 0.2) is 11.4 Å². The number of carbonyl (C=O) groups excluding carboxylic acids is 1. The molecule has 2 aromatic heterocycles. The van der Waals surface area contributed by atoms with Crippen molar-refractivity contribution in [3.05, 3.63) is 77.7 Å². The number of halogens is 1. The van der Waals surface area contributed by atoms with Crippen molar-refractivity contribution in [3.8, 4) is 5.69 Å². The molecule has 27 heavy (non-hydrogen) atoms. The first kappa shape index (κ1) is 17.7. The molecule has 4 aromatic rings. The molecule has 0 bridgehead atoms. The molecule has 5 nitrogen and oxygen atoms in total. The number of carbonyl (C=O) groups is 1. The molecule has 0 aliphatic carbocycles. The van der Waals surface area contributed by atoms with E-state index in [9.17, 15) is 4.79 Å². The molecule has 0 saturated carbocycles. The summed E-state index contributed by atoms with van der Waals surface area (Å²) in [5, 5.41) is 6.22. The predicted molar refractivity (Wildman–Crippen MR) is 108 cm³/mol. The maximum atomic E-state index is 12.7. The molecule has 0 aliphatic rings. The molecule has 0 saturated heterocycles. The lowest BCUT2D eigenvalue weighted by molar-refractivity contribution is 0.0994. The van der Waals surface area contributed by atoms with E-state index in [2.05, 4.69) is 15.1 Å². The third kappa shape index (κ3) is 3.59. The van der Waals surface area contributed by atoms with E-state index < -0.39 is 0 Å². The average molecular weight is 395 g/mol. The van der Waals surface area contributed by atoms with Gasteiger partial charge in [0, 0.05) is 10.6 Å². The van der Waals surface area contributed by atoms with Crippen molar-refractivity contribution in [2.24, 2.45) is 0 Å². The summed E-state index contributed by atoms with van der Waals surface area (Å²) in [6.07, 6.45) is 3.24. The highest BCUT2D eigenvalue weighted by atomic mass is 35.5. The van der Waals surface area contributed by atoms with Gasteiger partial charge in [-0.2, -0.15) is 5.10 Å². The molecule has 7 heteroatoms. The summed E-state index contributed by atoms with van der Waals surface area (Å²) in [6, 6.07) is 16.8. The normalized spacial score (nSPS) is 12.2. The van der Waals surface area contributed by atoms with E-state index in [4.69, 9.17) is 11.6 Å². The molecule has 0 amide bonds. The van der Waals surface area contributed by atoms with Crippen LogP contribution in [0.1, 0.15) is 17.3 Å². The number of aromatic nitrogens is 4. The molecule has 1 atom stereocenters. The molecule has 134 valence electrons. The lowest BCUT2D eigenvalue weighted by atomic mass is 10.1. The minimum absolute atomic E-state index is 0.00436. The fourth-order valence-electron chi connectivity index (χ4n) is 2.77. The lowest BCUT2D eigenvalue weighted by Gasteiger charge is -2.10. The number of benzene rings is 2. The summed E-state index contributed by atoms with van der Waals surface area (Å²) in [5.74, 6) is 0.00436. The van der Waals surface area contributed by atoms with Crippen molar-refractivity contribution < 1.29 is 4.79 Å². The first-order valence-corrected chi connectivity index (χ1v) is 9.60. The van der Waals surface area contributed by atoms with Gasteiger partial charge in [0.2, 0.25) is 0 Å². The van der Waals surface area contributed by atoms with Crippen LogP contribution in [0.5, 0.6) is 0 Å². The SMILES string of the molecule is CC(Sc1ncnc2c1cnn2-c1ccccc1)C(=O)c1cccc(Cl)c1. The highest BCUT2D eigenvalue weighted by Gasteiger charge is 2.20. The number of hydrogen-bond donors (Lipinski definition) is 0. The number of para-hydroxylation sites is 1. The molecule has 2 aromatic carbocycles. The summed E-state index contributed by atoms with van der Waals surface area (Å²) in [7, 11) is 0. The zero-order valence-electron chi connectivity index (χ0n) is 14.4. The van der Waals surface area contributed by atoms with Gasteiger partial charge in [0.1, 0.15) is 11.4 Å². The Morgan fingerprint density at radius 3 is 2.70 bits per heavy atom. The van der Waals surface area contributed by atoms with Gasteiger partial charge in [-0.3, -0.25) is 4.79 Å². The quantitative estimate of drug-likeness (QED) is 0.275. The van der Waals surface area contributed by atoms with Gasteiger partial charge in [0.25, 0.3) is 0 Å². The van der Waals surface area contributed by atoms with E-state index in [0.29, 0.717) is 16.2 Å². The molecular formula is C20H15ClN4OS. The first-order chi connectivity index (χ1) is 13.1.